The molecule has 1 rings (SSSR count). The molecule has 4 atom stereocenters. The molecule has 0 bridgehead atoms. The minimum Gasteiger partial charge on any atom is -0.393 e. The van der Waals surface area contributed by atoms with Crippen LogP contribution in [0.15, 0.2) is 0 Å². The topological polar surface area (TPSA) is 20.2 Å². The molecular formula is C15H29IO. The summed E-state index contributed by atoms with van der Waals surface area (Å²) >= 11 is 2.60. The predicted octanol–water partition coefficient (Wildman–Crippen LogP) is 4.80. The molecule has 1 saturated carbocycles. The van der Waals surface area contributed by atoms with Gasteiger partial charge in [-0.2, -0.15) is 0 Å². The smallest absolute Gasteiger partial charge is 0.0550 e. The molecule has 0 aromatic carbocycles. The van der Waals surface area contributed by atoms with Crippen LogP contribution in [0.3, 0.4) is 0 Å². The molecule has 1 aliphatic carbocycles. The second-order valence-electron chi connectivity index (χ2n) is 6.58. The fourth-order valence-electron chi connectivity index (χ4n) is 3.70. The standard InChI is InChI=1S/C15H29IO/c1-5-7-12(17)10-13(16)14-11(2)8-6-9-15(14,3)4/h11-14,17H,5-10H2,1-4H3. The summed E-state index contributed by atoms with van der Waals surface area (Å²) in [6.45, 7) is 9.40. The van der Waals surface area contributed by atoms with Crippen molar-refractivity contribution in [2.75, 3.05) is 0 Å². The van der Waals surface area contributed by atoms with Gasteiger partial charge in [-0.3, -0.25) is 0 Å². The van der Waals surface area contributed by atoms with Crippen molar-refractivity contribution < 1.29 is 5.11 Å². The van der Waals surface area contributed by atoms with Crippen LogP contribution in [0, 0.1) is 17.3 Å². The molecule has 0 aliphatic heterocycles. The Hall–Kier alpha value is 0.690. The Bertz CT molecular complexity index is 227. The number of hydrogen-bond acceptors (Lipinski definition) is 1. The Morgan fingerprint density at radius 1 is 1.41 bits per heavy atom. The third-order valence-corrected chi connectivity index (χ3v) is 5.79. The summed E-state index contributed by atoms with van der Waals surface area (Å²) in [7, 11) is 0. The quantitative estimate of drug-likeness (QED) is 0.556. The van der Waals surface area contributed by atoms with Crippen molar-refractivity contribution in [2.45, 2.75) is 76.2 Å². The SMILES string of the molecule is CCCC(O)CC(I)C1C(C)CCCC1(C)C. The van der Waals surface area contributed by atoms with Gasteiger partial charge in [0.2, 0.25) is 0 Å². The second-order valence-corrected chi connectivity index (χ2v) is 8.18. The van der Waals surface area contributed by atoms with Crippen molar-refractivity contribution in [2.24, 2.45) is 17.3 Å². The first-order chi connectivity index (χ1) is 7.88. The molecule has 0 heterocycles. The molecule has 102 valence electrons. The monoisotopic (exact) mass is 352 g/mol. The van der Waals surface area contributed by atoms with Crippen LogP contribution in [-0.2, 0) is 0 Å². The van der Waals surface area contributed by atoms with Gasteiger partial charge in [-0.15, -0.1) is 0 Å². The molecule has 0 amide bonds. The fraction of sp³-hybridized carbons (Fsp3) is 1.00. The molecule has 0 saturated heterocycles. The molecule has 0 radical (unpaired) electrons. The van der Waals surface area contributed by atoms with E-state index in [1.165, 1.54) is 19.3 Å². The predicted molar refractivity (Wildman–Crippen MR) is 83.6 cm³/mol. The average molecular weight is 352 g/mol. The van der Waals surface area contributed by atoms with Crippen molar-refractivity contribution in [3.05, 3.63) is 0 Å². The lowest BCUT2D eigenvalue weighted by molar-refractivity contribution is 0.0658. The van der Waals surface area contributed by atoms with E-state index in [0.717, 1.165) is 31.1 Å². The maximum absolute atomic E-state index is 10.0. The molecule has 1 N–H and O–H groups in total. The van der Waals surface area contributed by atoms with Gasteiger partial charge in [0.25, 0.3) is 0 Å². The van der Waals surface area contributed by atoms with Gasteiger partial charge < -0.3 is 5.11 Å². The Morgan fingerprint density at radius 3 is 2.59 bits per heavy atom. The van der Waals surface area contributed by atoms with Gasteiger partial charge in [-0.1, -0.05) is 69.5 Å². The summed E-state index contributed by atoms with van der Waals surface area (Å²) in [5.41, 5.74) is 0.454. The van der Waals surface area contributed by atoms with E-state index >= 15 is 0 Å². The number of aliphatic hydroxyl groups excluding tert-OH is 1. The van der Waals surface area contributed by atoms with E-state index in [0.29, 0.717) is 9.34 Å². The number of hydrogen-bond donors (Lipinski definition) is 1. The summed E-state index contributed by atoms with van der Waals surface area (Å²) in [4.78, 5) is 0. The van der Waals surface area contributed by atoms with Crippen LogP contribution in [0.25, 0.3) is 0 Å². The van der Waals surface area contributed by atoms with Crippen molar-refractivity contribution in [1.82, 2.24) is 0 Å². The highest BCUT2D eigenvalue weighted by atomic mass is 127. The molecule has 1 nitrogen and oxygen atoms in total. The van der Waals surface area contributed by atoms with Crippen LogP contribution in [0.1, 0.15) is 66.2 Å². The van der Waals surface area contributed by atoms with E-state index in [1.54, 1.807) is 0 Å². The third kappa shape index (κ3) is 4.38. The lowest BCUT2D eigenvalue weighted by atomic mass is 9.62. The number of aliphatic hydroxyl groups is 1. The molecule has 1 aliphatic rings. The highest BCUT2D eigenvalue weighted by Crippen LogP contribution is 2.48. The molecule has 0 spiro atoms. The van der Waals surface area contributed by atoms with Gasteiger partial charge in [0, 0.05) is 3.92 Å². The fourth-order valence-corrected chi connectivity index (χ4v) is 5.97. The minimum atomic E-state index is -0.0909. The summed E-state index contributed by atoms with van der Waals surface area (Å²) in [5.74, 6) is 1.58. The molecular weight excluding hydrogens is 323 g/mol. The number of halogens is 1. The van der Waals surface area contributed by atoms with E-state index in [1.807, 2.05) is 0 Å². The largest absolute Gasteiger partial charge is 0.393 e. The highest BCUT2D eigenvalue weighted by molar-refractivity contribution is 14.1. The van der Waals surface area contributed by atoms with Crippen molar-refractivity contribution >= 4 is 22.6 Å². The van der Waals surface area contributed by atoms with E-state index in [-0.39, 0.29) is 6.10 Å². The van der Waals surface area contributed by atoms with Crippen LogP contribution in [0.5, 0.6) is 0 Å². The van der Waals surface area contributed by atoms with Gasteiger partial charge >= 0.3 is 0 Å². The van der Waals surface area contributed by atoms with E-state index in [4.69, 9.17) is 0 Å². The van der Waals surface area contributed by atoms with Crippen molar-refractivity contribution in [1.29, 1.82) is 0 Å². The van der Waals surface area contributed by atoms with E-state index in [2.05, 4.69) is 50.3 Å². The molecule has 0 aromatic rings. The second kappa shape index (κ2) is 6.74. The lowest BCUT2D eigenvalue weighted by Gasteiger charge is -2.46. The third-order valence-electron chi connectivity index (χ3n) is 4.50. The molecule has 2 heteroatoms. The summed E-state index contributed by atoms with van der Waals surface area (Å²) in [5, 5.41) is 10.0. The summed E-state index contributed by atoms with van der Waals surface area (Å²) < 4.78 is 0.624. The van der Waals surface area contributed by atoms with Gasteiger partial charge in [0.1, 0.15) is 0 Å². The first kappa shape index (κ1) is 15.7. The first-order valence-corrected chi connectivity index (χ1v) is 8.45. The van der Waals surface area contributed by atoms with Gasteiger partial charge in [0.15, 0.2) is 0 Å². The molecule has 1 fully saturated rings. The zero-order valence-electron chi connectivity index (χ0n) is 11.9. The average Bonchev–Trinajstić information content (AvgIpc) is 2.15. The lowest BCUT2D eigenvalue weighted by Crippen LogP contribution is -2.40. The zero-order valence-corrected chi connectivity index (χ0v) is 14.0. The van der Waals surface area contributed by atoms with Crippen LogP contribution >= 0.6 is 22.6 Å². The van der Waals surface area contributed by atoms with E-state index in [9.17, 15) is 5.11 Å². The van der Waals surface area contributed by atoms with Gasteiger partial charge in [-0.05, 0) is 36.5 Å². The zero-order chi connectivity index (χ0) is 13.1. The molecule has 4 unspecified atom stereocenters. The van der Waals surface area contributed by atoms with Crippen LogP contribution < -0.4 is 0 Å². The van der Waals surface area contributed by atoms with Gasteiger partial charge in [0.05, 0.1) is 6.10 Å². The Kier molecular flexibility index (Phi) is 6.24. The van der Waals surface area contributed by atoms with Crippen molar-refractivity contribution in [3.8, 4) is 0 Å². The maximum atomic E-state index is 10.0. The number of rotatable bonds is 5. The summed E-state index contributed by atoms with van der Waals surface area (Å²) in [6.07, 6.45) is 7.04. The first-order valence-electron chi connectivity index (χ1n) is 7.20. The highest BCUT2D eigenvalue weighted by Gasteiger charge is 2.40. The molecule has 0 aromatic heterocycles. The van der Waals surface area contributed by atoms with E-state index < -0.39 is 0 Å². The normalized spacial score (nSPS) is 32.1. The Balaban J connectivity index is 2.61. The minimum absolute atomic E-state index is 0.0909. The van der Waals surface area contributed by atoms with Crippen LogP contribution in [0.4, 0.5) is 0 Å². The Labute approximate surface area is 121 Å². The van der Waals surface area contributed by atoms with Crippen molar-refractivity contribution in [3.63, 3.8) is 0 Å². The maximum Gasteiger partial charge on any atom is 0.0550 e. The summed E-state index contributed by atoms with van der Waals surface area (Å²) in [6, 6.07) is 0. The Morgan fingerprint density at radius 2 is 2.06 bits per heavy atom. The van der Waals surface area contributed by atoms with Crippen LogP contribution in [0.2, 0.25) is 0 Å². The van der Waals surface area contributed by atoms with Crippen LogP contribution in [-0.4, -0.2) is 15.1 Å². The molecule has 17 heavy (non-hydrogen) atoms. The van der Waals surface area contributed by atoms with Gasteiger partial charge in [-0.25, -0.2) is 0 Å². The number of alkyl halides is 1.